The van der Waals surface area contributed by atoms with E-state index in [2.05, 4.69) is 42.3 Å². The molecule has 3 nitrogen and oxygen atoms in total. The van der Waals surface area contributed by atoms with Gasteiger partial charge in [-0.05, 0) is 49.4 Å². The van der Waals surface area contributed by atoms with Crippen molar-refractivity contribution in [2.75, 3.05) is 27.2 Å². The van der Waals surface area contributed by atoms with Crippen molar-refractivity contribution in [1.29, 1.82) is 0 Å². The Bertz CT molecular complexity index is 877. The maximum absolute atomic E-state index is 12.6. The predicted octanol–water partition coefficient (Wildman–Crippen LogP) is 6.26. The Labute approximate surface area is 178 Å². The lowest BCUT2D eigenvalue weighted by Crippen LogP contribution is -2.28. The summed E-state index contributed by atoms with van der Waals surface area (Å²) >= 11 is 1.56. The molecule has 154 valence electrons. The van der Waals surface area contributed by atoms with Gasteiger partial charge in [-0.1, -0.05) is 61.6 Å². The van der Waals surface area contributed by atoms with Crippen LogP contribution in [0.2, 0.25) is 0 Å². The van der Waals surface area contributed by atoms with Gasteiger partial charge < -0.3 is 9.64 Å². The molecule has 4 rings (SSSR count). The first-order valence-corrected chi connectivity index (χ1v) is 11.6. The fraction of sp³-hybridized carbons (Fsp3) is 0.480. The van der Waals surface area contributed by atoms with Crippen LogP contribution >= 0.6 is 11.3 Å². The number of methoxy groups -OCH3 is 1. The number of benzene rings is 1. The molecule has 0 unspecified atom stereocenters. The van der Waals surface area contributed by atoms with Gasteiger partial charge in [-0.25, -0.2) is 4.79 Å². The van der Waals surface area contributed by atoms with Crippen LogP contribution in [0.5, 0.6) is 0 Å². The predicted molar refractivity (Wildman–Crippen MR) is 121 cm³/mol. The number of carbonyl (C=O) groups is 1. The van der Waals surface area contributed by atoms with Crippen LogP contribution in [0, 0.1) is 5.92 Å². The third-order valence-corrected chi connectivity index (χ3v) is 7.61. The third kappa shape index (κ3) is 4.65. The van der Waals surface area contributed by atoms with E-state index in [-0.39, 0.29) is 5.97 Å². The first-order chi connectivity index (χ1) is 14.2. The number of likely N-dealkylation sites (N-methyl/N-ethyl adjacent to an activating group) is 1. The molecular formula is C25H31NO2S. The highest BCUT2D eigenvalue weighted by atomic mass is 32.1. The number of hydrogen-bond acceptors (Lipinski definition) is 4. The third-order valence-electron chi connectivity index (χ3n) is 6.45. The second kappa shape index (κ2) is 9.27. The van der Waals surface area contributed by atoms with Crippen LogP contribution in [-0.4, -0.2) is 38.1 Å². The highest BCUT2D eigenvalue weighted by molar-refractivity contribution is 7.17. The largest absolute Gasteiger partial charge is 0.465 e. The number of rotatable bonds is 6. The van der Waals surface area contributed by atoms with Crippen molar-refractivity contribution in [3.63, 3.8) is 0 Å². The van der Waals surface area contributed by atoms with Gasteiger partial charge in [-0.3, -0.25) is 0 Å². The van der Waals surface area contributed by atoms with Gasteiger partial charge in [0, 0.05) is 23.5 Å². The van der Waals surface area contributed by atoms with Crippen LogP contribution in [0.3, 0.4) is 0 Å². The summed E-state index contributed by atoms with van der Waals surface area (Å²) < 4.78 is 5.15. The van der Waals surface area contributed by atoms with Crippen molar-refractivity contribution in [2.45, 2.75) is 44.9 Å². The summed E-state index contributed by atoms with van der Waals surface area (Å²) in [5, 5.41) is 0. The highest BCUT2D eigenvalue weighted by Gasteiger charge is 2.26. The van der Waals surface area contributed by atoms with E-state index in [1.54, 1.807) is 11.3 Å². The average Bonchev–Trinajstić information content (AvgIpc) is 3.42. The zero-order valence-corrected chi connectivity index (χ0v) is 18.4. The molecule has 4 heteroatoms. The minimum absolute atomic E-state index is 0.214. The standard InChI is InChI=1S/C25H31NO2S/c1-26-15-14-21(20(17-26)13-12-18-8-6-7-9-18)22-16-23(19-10-4-3-5-11-19)29-24(22)25(27)28-2/h3-5,10-11,16,18H,6-9,12-15,17H2,1-2H3. The molecule has 1 fully saturated rings. The molecule has 0 spiro atoms. The van der Waals surface area contributed by atoms with Gasteiger partial charge in [-0.2, -0.15) is 0 Å². The summed E-state index contributed by atoms with van der Waals surface area (Å²) in [4.78, 5) is 16.9. The molecule has 1 aromatic heterocycles. The van der Waals surface area contributed by atoms with Crippen LogP contribution in [0.25, 0.3) is 16.0 Å². The fourth-order valence-corrected chi connectivity index (χ4v) is 5.93. The second-order valence-corrected chi connectivity index (χ2v) is 9.52. The van der Waals surface area contributed by atoms with Crippen molar-refractivity contribution >= 4 is 22.9 Å². The molecule has 1 aliphatic carbocycles. The summed E-state index contributed by atoms with van der Waals surface area (Å²) in [6.07, 6.45) is 9.02. The number of hydrogen-bond donors (Lipinski definition) is 0. The summed E-state index contributed by atoms with van der Waals surface area (Å²) in [6, 6.07) is 12.6. The van der Waals surface area contributed by atoms with Crippen molar-refractivity contribution in [3.05, 3.63) is 52.4 Å². The first kappa shape index (κ1) is 20.4. The smallest absolute Gasteiger partial charge is 0.348 e. The molecule has 29 heavy (non-hydrogen) atoms. The molecule has 0 N–H and O–H groups in total. The highest BCUT2D eigenvalue weighted by Crippen LogP contribution is 2.40. The molecule has 1 aromatic carbocycles. The van der Waals surface area contributed by atoms with Gasteiger partial charge in [0.2, 0.25) is 0 Å². The lowest BCUT2D eigenvalue weighted by atomic mass is 9.88. The SMILES string of the molecule is COC(=O)c1sc(-c2ccccc2)cc1C1=C(CCC2CCCC2)CN(C)CC1. The van der Waals surface area contributed by atoms with E-state index in [1.807, 2.05) is 6.07 Å². The maximum Gasteiger partial charge on any atom is 0.348 e. The van der Waals surface area contributed by atoms with Gasteiger partial charge in [-0.15, -0.1) is 11.3 Å². The molecule has 1 aliphatic heterocycles. The van der Waals surface area contributed by atoms with Crippen LogP contribution in [0.1, 0.15) is 60.2 Å². The van der Waals surface area contributed by atoms with Gasteiger partial charge in [0.1, 0.15) is 4.88 Å². The van der Waals surface area contributed by atoms with Crippen LogP contribution in [0.4, 0.5) is 0 Å². The Balaban J connectivity index is 1.71. The van der Waals surface area contributed by atoms with Crippen LogP contribution in [0.15, 0.2) is 42.0 Å². The molecular weight excluding hydrogens is 378 g/mol. The zero-order valence-electron chi connectivity index (χ0n) is 17.6. The minimum atomic E-state index is -0.214. The molecule has 2 aromatic rings. The van der Waals surface area contributed by atoms with E-state index in [1.165, 1.54) is 50.4 Å². The Hall–Kier alpha value is -1.91. The Morgan fingerprint density at radius 3 is 2.69 bits per heavy atom. The monoisotopic (exact) mass is 409 g/mol. The molecule has 0 amide bonds. The van der Waals surface area contributed by atoms with Crippen molar-refractivity contribution < 1.29 is 9.53 Å². The molecule has 2 heterocycles. The summed E-state index contributed by atoms with van der Waals surface area (Å²) in [6.45, 7) is 2.05. The van der Waals surface area contributed by atoms with Crippen LogP contribution in [-0.2, 0) is 4.74 Å². The quantitative estimate of drug-likeness (QED) is 0.527. The molecule has 0 atom stereocenters. The lowest BCUT2D eigenvalue weighted by molar-refractivity contribution is 0.0606. The van der Waals surface area contributed by atoms with Gasteiger partial charge in [0.25, 0.3) is 0 Å². The summed E-state index contributed by atoms with van der Waals surface area (Å²) in [7, 11) is 3.69. The summed E-state index contributed by atoms with van der Waals surface area (Å²) in [5.41, 5.74) is 5.18. The molecule has 0 saturated heterocycles. The zero-order chi connectivity index (χ0) is 20.2. The number of thiophene rings is 1. The Morgan fingerprint density at radius 1 is 1.21 bits per heavy atom. The Kier molecular flexibility index (Phi) is 6.51. The molecule has 0 bridgehead atoms. The molecule has 2 aliphatic rings. The van der Waals surface area contributed by atoms with Crippen molar-refractivity contribution in [3.8, 4) is 10.4 Å². The van der Waals surface area contributed by atoms with Crippen molar-refractivity contribution in [1.82, 2.24) is 4.90 Å². The average molecular weight is 410 g/mol. The number of ether oxygens (including phenoxy) is 1. The van der Waals surface area contributed by atoms with E-state index in [9.17, 15) is 4.79 Å². The Morgan fingerprint density at radius 2 is 1.97 bits per heavy atom. The maximum atomic E-state index is 12.6. The van der Waals surface area contributed by atoms with E-state index in [0.717, 1.165) is 52.7 Å². The number of carbonyl (C=O) groups excluding carboxylic acids is 1. The van der Waals surface area contributed by atoms with E-state index >= 15 is 0 Å². The van der Waals surface area contributed by atoms with Crippen molar-refractivity contribution in [2.24, 2.45) is 5.92 Å². The second-order valence-electron chi connectivity index (χ2n) is 8.47. The summed E-state index contributed by atoms with van der Waals surface area (Å²) in [5.74, 6) is 0.673. The normalized spacial score (nSPS) is 18.4. The van der Waals surface area contributed by atoms with E-state index in [4.69, 9.17) is 4.74 Å². The van der Waals surface area contributed by atoms with E-state index < -0.39 is 0 Å². The lowest BCUT2D eigenvalue weighted by Gasteiger charge is -2.29. The van der Waals surface area contributed by atoms with Gasteiger partial charge >= 0.3 is 5.97 Å². The topological polar surface area (TPSA) is 29.5 Å². The minimum Gasteiger partial charge on any atom is -0.465 e. The molecule has 1 saturated carbocycles. The van der Waals surface area contributed by atoms with E-state index in [0.29, 0.717) is 0 Å². The van der Waals surface area contributed by atoms with Crippen LogP contribution < -0.4 is 0 Å². The first-order valence-electron chi connectivity index (χ1n) is 10.8. The number of esters is 1. The fourth-order valence-electron chi connectivity index (χ4n) is 4.82. The van der Waals surface area contributed by atoms with Gasteiger partial charge in [0.05, 0.1) is 7.11 Å². The number of nitrogens with zero attached hydrogens (tertiary/aromatic N) is 1. The molecule has 0 radical (unpaired) electrons. The van der Waals surface area contributed by atoms with Gasteiger partial charge in [0.15, 0.2) is 0 Å².